The van der Waals surface area contributed by atoms with Crippen molar-refractivity contribution in [3.8, 4) is 23.7 Å². The van der Waals surface area contributed by atoms with Gasteiger partial charge in [0.15, 0.2) is 0 Å². The minimum Gasteiger partial charge on any atom is -0.462 e. The van der Waals surface area contributed by atoms with E-state index in [1.807, 2.05) is 0 Å². The Morgan fingerprint density at radius 2 is 0.909 bits per heavy atom. The van der Waals surface area contributed by atoms with Crippen molar-refractivity contribution in [1.82, 2.24) is 0 Å². The van der Waals surface area contributed by atoms with Crippen LogP contribution in [0.5, 0.6) is 0 Å². The van der Waals surface area contributed by atoms with E-state index >= 15 is 0 Å². The standard InChI is InChI=1S/C39H43O2.C11H17O2.W/c1-21(2)39(40)41-20-38-32(13)30(11)37(31(12)33(38)14)18-17-36-28(9)26(7)35(27(8)29(36)10)16-15-34-24(5)22(3)19-23(4)25(34)6;1-9(2)11(12)13-8-10-6-4-3-5-7-10;/h1,20H2,2-14H3;3,10H,1,4-8H2,2H3;/q2*-1;+2. The molecule has 4 rings (SSSR count). The average Bonchev–Trinajstić information content (AvgIpc) is 3.14. The SMILES string of the molecule is C=C(C)C(=O)OCC1CC[CH-]CC1.C=C(C)C(=O)OCc1c(C)c(C)c(C#Cc2c(C)c(C)c(C#Cc3c(C)c(C)[c-]c(C)c3C)c(C)c2C)c(C)c1C.[W+2]. The van der Waals surface area contributed by atoms with E-state index in [0.717, 1.165) is 86.9 Å². The van der Waals surface area contributed by atoms with Crippen LogP contribution in [0.3, 0.4) is 0 Å². The summed E-state index contributed by atoms with van der Waals surface area (Å²) in [6.45, 7) is 36.8. The Hall–Kier alpha value is -4.11. The van der Waals surface area contributed by atoms with E-state index in [9.17, 15) is 9.59 Å². The number of hydrogen-bond acceptors (Lipinski definition) is 4. The summed E-state index contributed by atoms with van der Waals surface area (Å²) in [7, 11) is 0. The van der Waals surface area contributed by atoms with Crippen LogP contribution in [0.2, 0.25) is 0 Å². The molecule has 0 bridgehead atoms. The first-order valence-corrected chi connectivity index (χ1v) is 19.0. The Balaban J connectivity index is 0.000000631. The molecule has 0 saturated heterocycles. The van der Waals surface area contributed by atoms with Crippen molar-refractivity contribution in [2.45, 2.75) is 129 Å². The van der Waals surface area contributed by atoms with Gasteiger partial charge in [0, 0.05) is 27.8 Å². The molecule has 0 N–H and O–H groups in total. The molecule has 0 heterocycles. The molecule has 4 nitrogen and oxygen atoms in total. The van der Waals surface area contributed by atoms with Crippen molar-refractivity contribution in [2.75, 3.05) is 6.61 Å². The van der Waals surface area contributed by atoms with E-state index in [4.69, 9.17) is 9.47 Å². The number of benzene rings is 3. The van der Waals surface area contributed by atoms with Gasteiger partial charge in [0.25, 0.3) is 0 Å². The molecule has 1 saturated carbocycles. The predicted molar refractivity (Wildman–Crippen MR) is 224 cm³/mol. The molecule has 0 amide bonds. The third-order valence-electron chi connectivity index (χ3n) is 11.3. The number of rotatable bonds is 6. The van der Waals surface area contributed by atoms with Crippen molar-refractivity contribution in [3.05, 3.63) is 131 Å². The van der Waals surface area contributed by atoms with Gasteiger partial charge in [-0.3, -0.25) is 0 Å². The zero-order valence-corrected chi connectivity index (χ0v) is 38.8. The first-order valence-electron chi connectivity index (χ1n) is 19.0. The molecule has 1 aliphatic carbocycles. The second kappa shape index (κ2) is 20.7. The van der Waals surface area contributed by atoms with Gasteiger partial charge in [-0.15, -0.1) is 11.1 Å². The van der Waals surface area contributed by atoms with Gasteiger partial charge in [0.05, 0.1) is 6.61 Å². The molecule has 55 heavy (non-hydrogen) atoms. The largest absolute Gasteiger partial charge is 2.00 e. The van der Waals surface area contributed by atoms with Gasteiger partial charge in [-0.2, -0.15) is 30.0 Å². The molecule has 0 aliphatic heterocycles. The number of aryl methyl sites for hydroxylation is 2. The average molecular weight is 909 g/mol. The Kier molecular flexibility index (Phi) is 17.7. The van der Waals surface area contributed by atoms with E-state index in [0.29, 0.717) is 23.7 Å². The minimum absolute atomic E-state index is 0. The Bertz CT molecular complexity index is 2030. The zero-order valence-electron chi connectivity index (χ0n) is 35.9. The fourth-order valence-electron chi connectivity index (χ4n) is 6.78. The maximum absolute atomic E-state index is 12.0. The summed E-state index contributed by atoms with van der Waals surface area (Å²) in [6, 6.07) is 3.45. The Labute approximate surface area is 347 Å². The van der Waals surface area contributed by atoms with Crippen LogP contribution in [-0.4, -0.2) is 18.5 Å². The van der Waals surface area contributed by atoms with E-state index in [1.54, 1.807) is 13.8 Å². The van der Waals surface area contributed by atoms with Crippen LogP contribution in [-0.2, 0) is 46.7 Å². The molecule has 3 aromatic rings. The van der Waals surface area contributed by atoms with Crippen LogP contribution in [0.4, 0.5) is 0 Å². The van der Waals surface area contributed by atoms with Gasteiger partial charge >= 0.3 is 33.0 Å². The zero-order chi connectivity index (χ0) is 40.6. The van der Waals surface area contributed by atoms with Gasteiger partial charge in [-0.05, 0) is 125 Å². The molecule has 1 fully saturated rings. The second-order valence-corrected chi connectivity index (χ2v) is 15.1. The van der Waals surface area contributed by atoms with Crippen LogP contribution < -0.4 is 0 Å². The number of ether oxygens (including phenoxy) is 2. The molecule has 5 heteroatoms. The van der Waals surface area contributed by atoms with Crippen LogP contribution in [0, 0.1) is 125 Å². The van der Waals surface area contributed by atoms with Gasteiger partial charge in [0.2, 0.25) is 0 Å². The third kappa shape index (κ3) is 11.5. The summed E-state index contributed by atoms with van der Waals surface area (Å²) < 4.78 is 10.6. The fourth-order valence-corrected chi connectivity index (χ4v) is 6.78. The molecular formula is C50H60O4W. The van der Waals surface area contributed by atoms with Crippen LogP contribution in [0.1, 0.15) is 134 Å². The van der Waals surface area contributed by atoms with E-state index in [2.05, 4.69) is 132 Å². The summed E-state index contributed by atoms with van der Waals surface area (Å²) in [6.07, 6.45) is 6.94. The first-order chi connectivity index (χ1) is 25.3. The third-order valence-corrected chi connectivity index (χ3v) is 11.3. The molecule has 0 radical (unpaired) electrons. The quantitative estimate of drug-likeness (QED) is 0.107. The summed E-state index contributed by atoms with van der Waals surface area (Å²) in [5, 5.41) is 0. The summed E-state index contributed by atoms with van der Waals surface area (Å²) >= 11 is 0. The Morgan fingerprint density at radius 1 is 0.582 bits per heavy atom. The van der Waals surface area contributed by atoms with Crippen LogP contribution in [0.25, 0.3) is 0 Å². The molecule has 0 atom stereocenters. The minimum atomic E-state index is -0.370. The normalized spacial score (nSPS) is 12.1. The van der Waals surface area contributed by atoms with Crippen LogP contribution >= 0.6 is 0 Å². The second-order valence-electron chi connectivity index (χ2n) is 15.1. The number of carbonyl (C=O) groups excluding carboxylic acids is 2. The van der Waals surface area contributed by atoms with Gasteiger partial charge in [-0.1, -0.05) is 82.9 Å². The van der Waals surface area contributed by atoms with Crippen molar-refractivity contribution < 1.29 is 40.1 Å². The number of carbonyl (C=O) groups is 2. The molecule has 0 spiro atoms. The molecule has 0 aromatic heterocycles. The van der Waals surface area contributed by atoms with Crippen molar-refractivity contribution >= 4 is 11.9 Å². The van der Waals surface area contributed by atoms with Crippen LogP contribution in [0.15, 0.2) is 24.3 Å². The number of esters is 2. The summed E-state index contributed by atoms with van der Waals surface area (Å²) in [5.74, 6) is 14.0. The molecule has 0 unspecified atom stereocenters. The summed E-state index contributed by atoms with van der Waals surface area (Å²) in [4.78, 5) is 23.0. The van der Waals surface area contributed by atoms with E-state index < -0.39 is 0 Å². The maximum atomic E-state index is 12.0. The van der Waals surface area contributed by atoms with Crippen molar-refractivity contribution in [2.24, 2.45) is 5.92 Å². The monoisotopic (exact) mass is 908 g/mol. The smallest absolute Gasteiger partial charge is 0.462 e. The van der Waals surface area contributed by atoms with Crippen molar-refractivity contribution in [1.29, 1.82) is 0 Å². The van der Waals surface area contributed by atoms with Gasteiger partial charge < -0.3 is 15.9 Å². The maximum Gasteiger partial charge on any atom is 2.00 e. The first kappa shape index (κ1) is 47.0. The summed E-state index contributed by atoms with van der Waals surface area (Å²) in [5.41, 5.74) is 20.0. The number of hydrogen-bond donors (Lipinski definition) is 0. The van der Waals surface area contributed by atoms with E-state index in [1.165, 1.54) is 33.4 Å². The topological polar surface area (TPSA) is 52.6 Å². The fraction of sp³-hybridized carbons (Fsp3) is 0.420. The molecule has 290 valence electrons. The molecular weight excluding hydrogens is 848 g/mol. The molecule has 1 aliphatic rings. The molecule has 3 aromatic carbocycles. The van der Waals surface area contributed by atoms with E-state index in [-0.39, 0.29) is 39.6 Å². The predicted octanol–water partition coefficient (Wildman–Crippen LogP) is 11.1. The van der Waals surface area contributed by atoms with Crippen molar-refractivity contribution in [3.63, 3.8) is 0 Å². The van der Waals surface area contributed by atoms with Gasteiger partial charge in [0.1, 0.15) is 6.61 Å². The Morgan fingerprint density at radius 3 is 1.27 bits per heavy atom. The van der Waals surface area contributed by atoms with Gasteiger partial charge in [-0.25, -0.2) is 9.59 Å².